The maximum Gasteiger partial charge on any atom is 0.341 e. The molecular weight excluding hydrogens is 371 g/mol. The van der Waals surface area contributed by atoms with Crippen molar-refractivity contribution in [2.24, 2.45) is 0 Å². The molecule has 0 fully saturated rings. The molecule has 1 heterocycles. The predicted octanol–water partition coefficient (Wildman–Crippen LogP) is 6.08. The summed E-state index contributed by atoms with van der Waals surface area (Å²) < 4.78 is 5.19. The minimum absolute atomic E-state index is 0.284. The molecule has 3 rings (SSSR count). The summed E-state index contributed by atoms with van der Waals surface area (Å²) in [7, 11) is 0. The number of anilines is 2. The van der Waals surface area contributed by atoms with Crippen LogP contribution in [0.5, 0.6) is 0 Å². The maximum atomic E-state index is 12.4. The van der Waals surface area contributed by atoms with Crippen LogP contribution in [0.2, 0.25) is 10.0 Å². The topological polar surface area (TPSA) is 51.2 Å². The predicted molar refractivity (Wildman–Crippen MR) is 107 cm³/mol. The zero-order valence-electron chi connectivity index (χ0n) is 14.7. The van der Waals surface area contributed by atoms with Gasteiger partial charge in [0.25, 0.3) is 0 Å². The van der Waals surface area contributed by atoms with Gasteiger partial charge in [0.1, 0.15) is 5.56 Å². The number of rotatable bonds is 4. The summed E-state index contributed by atoms with van der Waals surface area (Å²) in [6.45, 7) is 5.87. The van der Waals surface area contributed by atoms with Crippen molar-refractivity contribution in [2.75, 3.05) is 11.9 Å². The quantitative estimate of drug-likeness (QED) is 0.550. The van der Waals surface area contributed by atoms with Crippen molar-refractivity contribution < 1.29 is 9.53 Å². The molecular formula is C20H18Cl2N2O2. The molecule has 0 atom stereocenters. The van der Waals surface area contributed by atoms with Crippen LogP contribution < -0.4 is 5.32 Å². The highest BCUT2D eigenvalue weighted by Crippen LogP contribution is 2.35. The lowest BCUT2D eigenvalue weighted by atomic mass is 10.0. The van der Waals surface area contributed by atoms with Crippen LogP contribution >= 0.6 is 23.2 Å². The molecule has 2 aromatic carbocycles. The SMILES string of the molecule is CCOC(=O)c1cnc2c(C)c(Cl)ccc2c1Nc1cccc(Cl)c1C. The molecule has 0 unspecified atom stereocenters. The van der Waals surface area contributed by atoms with Crippen molar-refractivity contribution in [3.8, 4) is 0 Å². The molecule has 0 radical (unpaired) electrons. The van der Waals surface area contributed by atoms with Crippen molar-refractivity contribution in [1.29, 1.82) is 0 Å². The first kappa shape index (κ1) is 18.5. The first-order chi connectivity index (χ1) is 12.4. The van der Waals surface area contributed by atoms with E-state index in [0.717, 1.165) is 27.7 Å². The van der Waals surface area contributed by atoms with E-state index in [9.17, 15) is 4.79 Å². The largest absolute Gasteiger partial charge is 0.462 e. The van der Waals surface area contributed by atoms with Crippen LogP contribution in [0.15, 0.2) is 36.5 Å². The molecule has 26 heavy (non-hydrogen) atoms. The maximum absolute atomic E-state index is 12.4. The van der Waals surface area contributed by atoms with Crippen LogP contribution in [0.1, 0.15) is 28.4 Å². The van der Waals surface area contributed by atoms with E-state index in [1.807, 2.05) is 38.1 Å². The van der Waals surface area contributed by atoms with E-state index in [1.54, 1.807) is 13.0 Å². The molecule has 1 N–H and O–H groups in total. The fraction of sp³-hybridized carbons (Fsp3) is 0.200. The van der Waals surface area contributed by atoms with Gasteiger partial charge in [-0.15, -0.1) is 0 Å². The van der Waals surface area contributed by atoms with E-state index in [1.165, 1.54) is 6.20 Å². The molecule has 0 aliphatic carbocycles. The van der Waals surface area contributed by atoms with E-state index in [4.69, 9.17) is 27.9 Å². The Bertz CT molecular complexity index is 1000. The molecule has 3 aromatic rings. The monoisotopic (exact) mass is 388 g/mol. The number of halogens is 2. The molecule has 0 bridgehead atoms. The normalized spacial score (nSPS) is 10.8. The van der Waals surface area contributed by atoms with Gasteiger partial charge in [-0.25, -0.2) is 4.79 Å². The minimum atomic E-state index is -0.434. The van der Waals surface area contributed by atoms with Crippen LogP contribution in [0.4, 0.5) is 11.4 Å². The van der Waals surface area contributed by atoms with Gasteiger partial charge in [0, 0.05) is 27.3 Å². The Balaban J connectivity index is 2.25. The van der Waals surface area contributed by atoms with Crippen LogP contribution in [0.25, 0.3) is 10.9 Å². The highest BCUT2D eigenvalue weighted by atomic mass is 35.5. The summed E-state index contributed by atoms with van der Waals surface area (Å²) >= 11 is 12.5. The third kappa shape index (κ3) is 3.35. The minimum Gasteiger partial charge on any atom is -0.462 e. The van der Waals surface area contributed by atoms with Gasteiger partial charge >= 0.3 is 5.97 Å². The zero-order chi connectivity index (χ0) is 18.8. The number of fused-ring (bicyclic) bond motifs is 1. The molecule has 6 heteroatoms. The number of esters is 1. The van der Waals surface area contributed by atoms with Crippen LogP contribution in [-0.4, -0.2) is 17.6 Å². The Morgan fingerprint density at radius 2 is 1.85 bits per heavy atom. The number of aromatic nitrogens is 1. The Morgan fingerprint density at radius 3 is 2.58 bits per heavy atom. The fourth-order valence-electron chi connectivity index (χ4n) is 2.76. The number of pyridine rings is 1. The number of nitrogens with zero attached hydrogens (tertiary/aromatic N) is 1. The van der Waals surface area contributed by atoms with Gasteiger partial charge in [-0.2, -0.15) is 0 Å². The average Bonchev–Trinajstić information content (AvgIpc) is 2.62. The van der Waals surface area contributed by atoms with Gasteiger partial charge in [0.15, 0.2) is 0 Å². The lowest BCUT2D eigenvalue weighted by molar-refractivity contribution is 0.0527. The summed E-state index contributed by atoms with van der Waals surface area (Å²) in [5, 5.41) is 5.40. The molecule has 0 spiro atoms. The first-order valence-corrected chi connectivity index (χ1v) is 8.96. The number of carbonyl (C=O) groups excluding carboxylic acids is 1. The van der Waals surface area contributed by atoms with E-state index in [0.29, 0.717) is 21.3 Å². The van der Waals surface area contributed by atoms with E-state index in [-0.39, 0.29) is 6.61 Å². The second kappa shape index (κ2) is 7.52. The van der Waals surface area contributed by atoms with Gasteiger partial charge in [0.05, 0.1) is 17.8 Å². The van der Waals surface area contributed by atoms with Gasteiger partial charge in [-0.1, -0.05) is 29.3 Å². The summed E-state index contributed by atoms with van der Waals surface area (Å²) in [6, 6.07) is 9.23. The van der Waals surface area contributed by atoms with E-state index < -0.39 is 5.97 Å². The number of benzene rings is 2. The lowest BCUT2D eigenvalue weighted by Crippen LogP contribution is -2.10. The highest BCUT2D eigenvalue weighted by molar-refractivity contribution is 6.32. The van der Waals surface area contributed by atoms with Crippen molar-refractivity contribution in [1.82, 2.24) is 4.98 Å². The van der Waals surface area contributed by atoms with Gasteiger partial charge in [0.2, 0.25) is 0 Å². The Kier molecular flexibility index (Phi) is 5.35. The number of hydrogen-bond acceptors (Lipinski definition) is 4. The van der Waals surface area contributed by atoms with E-state index >= 15 is 0 Å². The van der Waals surface area contributed by atoms with Crippen LogP contribution in [0, 0.1) is 13.8 Å². The highest BCUT2D eigenvalue weighted by Gasteiger charge is 2.19. The fourth-order valence-corrected chi connectivity index (χ4v) is 3.09. The summed E-state index contributed by atoms with van der Waals surface area (Å²) in [5.41, 5.74) is 4.26. The molecule has 1 aromatic heterocycles. The molecule has 0 aliphatic heterocycles. The number of carbonyl (C=O) groups is 1. The molecule has 0 saturated heterocycles. The summed E-state index contributed by atoms with van der Waals surface area (Å²) in [6.07, 6.45) is 1.52. The lowest BCUT2D eigenvalue weighted by Gasteiger charge is -2.17. The standard InChI is InChI=1S/C20H18Cl2N2O2/c1-4-26-20(25)14-10-23-18-12(3)16(22)9-8-13(18)19(14)24-17-7-5-6-15(21)11(17)2/h5-10H,4H2,1-3H3,(H,23,24). The van der Waals surface area contributed by atoms with E-state index in [2.05, 4.69) is 10.3 Å². The molecule has 0 aliphatic rings. The number of nitrogens with one attached hydrogen (secondary N) is 1. The van der Waals surface area contributed by atoms with Crippen LogP contribution in [0.3, 0.4) is 0 Å². The van der Waals surface area contributed by atoms with Crippen molar-refractivity contribution in [2.45, 2.75) is 20.8 Å². The Morgan fingerprint density at radius 1 is 1.12 bits per heavy atom. The van der Waals surface area contributed by atoms with Gasteiger partial charge in [-0.05, 0) is 56.2 Å². The molecule has 4 nitrogen and oxygen atoms in total. The second-order valence-electron chi connectivity index (χ2n) is 5.87. The molecule has 0 amide bonds. The molecule has 134 valence electrons. The summed E-state index contributed by atoms with van der Waals surface area (Å²) in [5.74, 6) is -0.434. The van der Waals surface area contributed by atoms with Crippen molar-refractivity contribution in [3.05, 3.63) is 63.3 Å². The average molecular weight is 389 g/mol. The van der Waals surface area contributed by atoms with Gasteiger partial charge in [-0.3, -0.25) is 4.98 Å². The van der Waals surface area contributed by atoms with Crippen molar-refractivity contribution >= 4 is 51.4 Å². The third-order valence-corrected chi connectivity index (χ3v) is 5.07. The van der Waals surface area contributed by atoms with Crippen LogP contribution in [-0.2, 0) is 4.74 Å². The third-order valence-electron chi connectivity index (χ3n) is 4.25. The Hall–Kier alpha value is -2.30. The number of hydrogen-bond donors (Lipinski definition) is 1. The Labute approximate surface area is 162 Å². The number of aryl methyl sites for hydroxylation is 1. The zero-order valence-corrected chi connectivity index (χ0v) is 16.2. The second-order valence-corrected chi connectivity index (χ2v) is 6.69. The summed E-state index contributed by atoms with van der Waals surface area (Å²) in [4.78, 5) is 16.9. The van der Waals surface area contributed by atoms with Crippen molar-refractivity contribution in [3.63, 3.8) is 0 Å². The number of ether oxygens (including phenoxy) is 1. The smallest absolute Gasteiger partial charge is 0.341 e. The first-order valence-electron chi connectivity index (χ1n) is 8.21. The molecule has 0 saturated carbocycles. The van der Waals surface area contributed by atoms with Gasteiger partial charge < -0.3 is 10.1 Å².